The summed E-state index contributed by atoms with van der Waals surface area (Å²) in [7, 11) is 5.59. The van der Waals surface area contributed by atoms with Crippen molar-refractivity contribution in [3.63, 3.8) is 0 Å². The number of hydrazone groups is 1. The predicted octanol–water partition coefficient (Wildman–Crippen LogP) is 6.37. The van der Waals surface area contributed by atoms with E-state index in [2.05, 4.69) is 62.7 Å². The number of rotatable bonds is 5. The van der Waals surface area contributed by atoms with Crippen LogP contribution in [0.25, 0.3) is 27.2 Å². The molecule has 19 heteroatoms. The topological polar surface area (TPSA) is 259 Å². The summed E-state index contributed by atoms with van der Waals surface area (Å²) >= 11 is 0. The number of ketones is 1. The van der Waals surface area contributed by atoms with E-state index in [1.54, 1.807) is 44.9 Å². The number of hydrogen-bond acceptors (Lipinski definition) is 17. The lowest BCUT2D eigenvalue weighted by Crippen LogP contribution is -2.46. The number of aliphatic hydroxyl groups is 3. The maximum Gasteiger partial charge on any atom is 0.312 e. The lowest BCUT2D eigenvalue weighted by Gasteiger charge is -2.39. The number of carbonyl (C=O) groups excluding carboxylic acids is 3. The summed E-state index contributed by atoms with van der Waals surface area (Å²) in [5.74, 6) is -8.09. The average Bonchev–Trinajstić information content (AvgIpc) is 4.05. The minimum atomic E-state index is -2.04. The van der Waals surface area contributed by atoms with Crippen LogP contribution in [-0.2, 0) is 30.2 Å². The zero-order valence-corrected chi connectivity index (χ0v) is 46.4. The molecule has 1 amide bonds. The van der Waals surface area contributed by atoms with Gasteiger partial charge in [0, 0.05) is 123 Å². The van der Waals surface area contributed by atoms with Crippen molar-refractivity contribution in [3.05, 3.63) is 94.4 Å². The number of likely N-dealkylation sites (N-methyl/N-ethyl adjacent to an activating group) is 2. The number of nitrogens with zero attached hydrogens (tertiary/aromatic N) is 4. The molecule has 0 saturated carbocycles. The molecule has 3 aromatic carbocycles. The zero-order chi connectivity index (χ0) is 56.7. The second kappa shape index (κ2) is 23.3. The fourth-order valence-corrected chi connectivity index (χ4v) is 11.6. The van der Waals surface area contributed by atoms with Gasteiger partial charge in [0.15, 0.2) is 5.75 Å². The molecule has 0 unspecified atom stereocenters. The molecule has 10 rings (SSSR count). The normalized spacial score (nSPS) is 30.7. The molecule has 1 saturated heterocycles. The number of fused-ring (bicyclic) bond motifs is 16. The largest absolute Gasteiger partial charge is 0.507 e. The number of H-pyrrole nitrogens is 1. The van der Waals surface area contributed by atoms with Crippen LogP contribution in [-0.4, -0.2) is 171 Å². The molecular formula is C59H76N6O13. The lowest BCUT2D eigenvalue weighted by molar-refractivity contribution is -0.160. The van der Waals surface area contributed by atoms with Crippen LogP contribution in [0.2, 0.25) is 0 Å². The molecule has 0 radical (unpaired) electrons. The first-order chi connectivity index (χ1) is 37.0. The third-order valence-electron chi connectivity index (χ3n) is 16.4. The van der Waals surface area contributed by atoms with Gasteiger partial charge >= 0.3 is 11.8 Å². The summed E-state index contributed by atoms with van der Waals surface area (Å²) < 4.78 is 23.6. The molecule has 19 nitrogen and oxygen atoms in total. The summed E-state index contributed by atoms with van der Waals surface area (Å²) in [6.45, 7) is 16.3. The maximum absolute atomic E-state index is 14.4. The summed E-state index contributed by atoms with van der Waals surface area (Å²) in [5.41, 5.74) is 5.03. The number of carbonyl (C=O) groups is 3. The van der Waals surface area contributed by atoms with E-state index < -0.39 is 88.8 Å². The average molecular weight is 1080 g/mol. The van der Waals surface area contributed by atoms with Crippen LogP contribution in [0.3, 0.4) is 0 Å². The number of phenols is 3. The third-order valence-corrected chi connectivity index (χ3v) is 16.4. The molecule has 420 valence electrons. The Kier molecular flexibility index (Phi) is 17.2. The number of hydrogen-bond donors (Lipinski definition) is 8. The molecule has 11 atom stereocenters. The molecule has 1 aromatic heterocycles. The number of aliphatic hydroxyl groups excluding tert-OH is 3. The Balaban J connectivity index is 0.000000348. The Morgan fingerprint density at radius 1 is 0.936 bits per heavy atom. The number of aromatic amines is 1. The van der Waals surface area contributed by atoms with Gasteiger partial charge in [0.25, 0.3) is 11.7 Å². The van der Waals surface area contributed by atoms with E-state index >= 15 is 0 Å². The van der Waals surface area contributed by atoms with Gasteiger partial charge in [-0.05, 0) is 63.2 Å². The predicted molar refractivity (Wildman–Crippen MR) is 297 cm³/mol. The summed E-state index contributed by atoms with van der Waals surface area (Å²) in [5, 5.41) is 77.7. The van der Waals surface area contributed by atoms with Crippen molar-refractivity contribution in [2.24, 2.45) is 34.7 Å². The van der Waals surface area contributed by atoms with Gasteiger partial charge in [0.1, 0.15) is 23.4 Å². The van der Waals surface area contributed by atoms with Crippen molar-refractivity contribution in [2.45, 2.75) is 98.1 Å². The van der Waals surface area contributed by atoms with Crippen molar-refractivity contribution in [1.29, 1.82) is 0 Å². The number of aromatic nitrogens is 1. The monoisotopic (exact) mass is 1080 g/mol. The van der Waals surface area contributed by atoms with E-state index in [4.69, 9.17) is 18.9 Å². The van der Waals surface area contributed by atoms with E-state index in [-0.39, 0.29) is 57.0 Å². The summed E-state index contributed by atoms with van der Waals surface area (Å²) in [6.07, 6.45) is 10.4. The molecule has 6 aliphatic rings. The highest BCUT2D eigenvalue weighted by atomic mass is 16.7. The minimum absolute atomic E-state index is 0.0559. The van der Waals surface area contributed by atoms with E-state index in [9.17, 15) is 45.0 Å². The van der Waals surface area contributed by atoms with E-state index in [0.717, 1.165) is 26.1 Å². The number of aromatic hydroxyl groups is 3. The highest BCUT2D eigenvalue weighted by Crippen LogP contribution is 2.55. The van der Waals surface area contributed by atoms with E-state index in [0.29, 0.717) is 19.1 Å². The number of esters is 1. The molecule has 78 heavy (non-hydrogen) atoms. The Hall–Kier alpha value is -6.74. The quantitative estimate of drug-likeness (QED) is 0.0468. The number of allylic oxidation sites excluding steroid dienone is 2. The number of benzene rings is 3. The summed E-state index contributed by atoms with van der Waals surface area (Å²) in [4.78, 5) is 48.4. The van der Waals surface area contributed by atoms with Crippen molar-refractivity contribution >= 4 is 56.8 Å². The summed E-state index contributed by atoms with van der Waals surface area (Å²) in [6, 6.07) is 6.92. The SMILES string of the molecule is CN1C[C@H](CO)C=C2c3cccc4[nH]cc(c34)C[C@H]21.CO[C@H]1/C=C/O[C@@]2(C)Oc3c(C)c(O)c4c(O)c(c(/C=N\N5CCN(C)CC5)c(O)c4c3C2=O)NC(=O)/C(C)=C\C=C\[C@@H](C)[C@H](O)[C@@H](C)[C@H](O)[C@@H](C)[C@H](OC(C)=O)[C@@H]1C. The number of amides is 1. The molecule has 0 spiro atoms. The van der Waals surface area contributed by atoms with Gasteiger partial charge in [-0.2, -0.15) is 5.10 Å². The number of methoxy groups -OCH3 is 1. The lowest BCUT2D eigenvalue weighted by atomic mass is 9.78. The zero-order valence-electron chi connectivity index (χ0n) is 46.4. The van der Waals surface area contributed by atoms with Crippen LogP contribution in [0.5, 0.6) is 23.0 Å². The standard InChI is InChI=1S/C43H58N4O12.C16H18N2O/c1-21-12-11-13-22(2)42(55)45-33-28(20-44-47-17-15-46(9)16-18-47)37(52)30-31(38(33)53)36(51)26(6)40-32(30)41(54)43(8,59-40)57-19-14-29(56-10)23(3)39(58-27(7)48)25(5)35(50)24(4)34(21)49;1-18-8-10(9-19)5-13-12-3-2-4-14-16(12)11(7-17-14)6-15(13)18/h11-14,19-21,23-25,29,34-35,39,49-53H,15-18H2,1-10H3,(H,45,55);2-5,7,10,15,17,19H,6,8-9H2,1H3/b12-11+,19-14+,22-13-,44-20-;/t21-,23-,24-,25-,29+,34+,35+,39-,43+;10-,15-/m11/s1. The van der Waals surface area contributed by atoms with Crippen LogP contribution in [0.1, 0.15) is 81.1 Å². The third kappa shape index (κ3) is 11.0. The van der Waals surface area contributed by atoms with Crippen LogP contribution in [0.4, 0.5) is 5.69 Å². The Labute approximate surface area is 455 Å². The van der Waals surface area contributed by atoms with Crippen LogP contribution >= 0.6 is 0 Å². The number of phenolic OH excluding ortho intramolecular Hbond substituents is 3. The Bertz CT molecular complexity index is 3100. The second-order valence-corrected chi connectivity index (χ2v) is 21.9. The number of nitrogens with one attached hydrogen (secondary N) is 2. The van der Waals surface area contributed by atoms with Crippen LogP contribution < -0.4 is 10.1 Å². The fourth-order valence-electron chi connectivity index (χ4n) is 11.6. The Morgan fingerprint density at radius 2 is 1.65 bits per heavy atom. The first-order valence-electron chi connectivity index (χ1n) is 26.7. The fraction of sp³-hybridized carbons (Fsp3) is 0.492. The number of anilines is 1. The first kappa shape index (κ1) is 57.4. The van der Waals surface area contributed by atoms with Gasteiger partial charge in [-0.15, -0.1) is 0 Å². The van der Waals surface area contributed by atoms with Gasteiger partial charge in [-0.3, -0.25) is 24.3 Å². The maximum atomic E-state index is 14.4. The molecule has 5 bridgehead atoms. The van der Waals surface area contributed by atoms with Crippen molar-refractivity contribution in [1.82, 2.24) is 19.8 Å². The molecule has 6 heterocycles. The van der Waals surface area contributed by atoms with Crippen molar-refractivity contribution < 1.29 is 64.0 Å². The minimum Gasteiger partial charge on any atom is -0.507 e. The van der Waals surface area contributed by atoms with E-state index in [1.165, 1.54) is 87.0 Å². The molecular weight excluding hydrogens is 1000 g/mol. The molecule has 8 N–H and O–H groups in total. The van der Waals surface area contributed by atoms with Crippen LogP contribution in [0.15, 0.2) is 71.7 Å². The molecule has 4 aromatic rings. The smallest absolute Gasteiger partial charge is 0.312 e. The van der Waals surface area contributed by atoms with Gasteiger partial charge < -0.3 is 64.8 Å². The van der Waals surface area contributed by atoms with Crippen molar-refractivity contribution in [2.75, 3.05) is 65.9 Å². The van der Waals surface area contributed by atoms with Gasteiger partial charge in [-0.25, -0.2) is 0 Å². The molecule has 1 fully saturated rings. The van der Waals surface area contributed by atoms with Gasteiger partial charge in [0.2, 0.25) is 0 Å². The number of piperazine rings is 1. The Morgan fingerprint density at radius 3 is 2.33 bits per heavy atom. The first-order valence-corrected chi connectivity index (χ1v) is 26.7. The van der Waals surface area contributed by atoms with Crippen LogP contribution in [0, 0.1) is 36.5 Å². The highest BCUT2D eigenvalue weighted by molar-refractivity contribution is 6.24. The molecule has 5 aliphatic heterocycles. The second-order valence-electron chi connectivity index (χ2n) is 21.9. The van der Waals surface area contributed by atoms with Gasteiger partial charge in [-0.1, -0.05) is 64.1 Å². The molecule has 1 aliphatic carbocycles. The number of Topliss-reactive ketones (excluding diaryl/α,β-unsaturated/α-hetero) is 1. The van der Waals surface area contributed by atoms with Crippen molar-refractivity contribution in [3.8, 4) is 23.0 Å². The van der Waals surface area contributed by atoms with Gasteiger partial charge in [0.05, 0.1) is 59.6 Å². The highest BCUT2D eigenvalue weighted by Gasteiger charge is 2.50. The number of ether oxygens (including phenoxy) is 4. The van der Waals surface area contributed by atoms with E-state index in [1.807, 2.05) is 7.05 Å².